The molecule has 1 aliphatic heterocycles. The molecule has 1 saturated heterocycles. The van der Waals surface area contributed by atoms with Gasteiger partial charge in [-0.2, -0.15) is 0 Å². The average Bonchev–Trinajstić information content (AvgIpc) is 2.56. The molecule has 2 nitrogen and oxygen atoms in total. The van der Waals surface area contributed by atoms with E-state index in [0.717, 1.165) is 24.6 Å². The largest absolute Gasteiger partial charge is 0.357 e. The van der Waals surface area contributed by atoms with Crippen LogP contribution in [0.4, 0.5) is 5.82 Å². The van der Waals surface area contributed by atoms with Crippen LogP contribution in [0.15, 0.2) is 12.1 Å². The summed E-state index contributed by atoms with van der Waals surface area (Å²) < 4.78 is 0. The maximum Gasteiger partial charge on any atom is 0.128 e. The van der Waals surface area contributed by atoms with Crippen LogP contribution in [0.25, 0.3) is 0 Å². The number of pyridine rings is 1. The Morgan fingerprint density at radius 3 is 2.83 bits per heavy atom. The minimum Gasteiger partial charge on any atom is -0.357 e. The topological polar surface area (TPSA) is 16.1 Å². The van der Waals surface area contributed by atoms with Gasteiger partial charge in [0.15, 0.2) is 0 Å². The number of rotatable bonds is 1. The second-order valence-electron chi connectivity index (χ2n) is 3.23. The lowest BCUT2D eigenvalue weighted by atomic mass is 10.3. The molecule has 0 aromatic carbocycles. The maximum atomic E-state index is 4.43. The van der Waals surface area contributed by atoms with Crippen molar-refractivity contribution in [2.75, 3.05) is 18.0 Å². The van der Waals surface area contributed by atoms with Crippen LogP contribution in [0, 0.1) is 13.0 Å². The number of aryl methyl sites for hydroxylation is 1. The van der Waals surface area contributed by atoms with Crippen molar-refractivity contribution in [3.63, 3.8) is 0 Å². The number of hydrogen-bond acceptors (Lipinski definition) is 2. The lowest BCUT2D eigenvalue weighted by Gasteiger charge is -2.15. The van der Waals surface area contributed by atoms with Crippen LogP contribution in [0.2, 0.25) is 0 Å². The van der Waals surface area contributed by atoms with Crippen LogP contribution in [-0.2, 0) is 0 Å². The summed E-state index contributed by atoms with van der Waals surface area (Å²) in [7, 11) is 0. The SMILES string of the molecule is Cc1[c]ccc(N2CCCC2)n1. The number of aromatic nitrogens is 1. The van der Waals surface area contributed by atoms with Gasteiger partial charge in [-0.15, -0.1) is 0 Å². The lowest BCUT2D eigenvalue weighted by molar-refractivity contribution is 0.929. The molecule has 2 heterocycles. The van der Waals surface area contributed by atoms with E-state index in [2.05, 4.69) is 16.0 Å². The van der Waals surface area contributed by atoms with E-state index in [-0.39, 0.29) is 0 Å². The Morgan fingerprint density at radius 1 is 1.42 bits per heavy atom. The zero-order valence-corrected chi connectivity index (χ0v) is 7.38. The van der Waals surface area contributed by atoms with E-state index in [4.69, 9.17) is 0 Å². The normalized spacial score (nSPS) is 16.9. The molecular weight excluding hydrogens is 148 g/mol. The molecule has 1 fully saturated rings. The molecule has 63 valence electrons. The summed E-state index contributed by atoms with van der Waals surface area (Å²) in [6.07, 6.45) is 2.61. The average molecular weight is 161 g/mol. The first kappa shape index (κ1) is 7.59. The van der Waals surface area contributed by atoms with E-state index in [1.807, 2.05) is 19.1 Å². The second kappa shape index (κ2) is 3.13. The van der Waals surface area contributed by atoms with Gasteiger partial charge >= 0.3 is 0 Å². The van der Waals surface area contributed by atoms with E-state index in [1.165, 1.54) is 12.8 Å². The Bertz CT molecular complexity index is 264. The van der Waals surface area contributed by atoms with Crippen LogP contribution in [-0.4, -0.2) is 18.1 Å². The Morgan fingerprint density at radius 2 is 2.17 bits per heavy atom. The zero-order valence-electron chi connectivity index (χ0n) is 7.38. The molecule has 0 spiro atoms. The fraction of sp³-hybridized carbons (Fsp3) is 0.500. The van der Waals surface area contributed by atoms with E-state index in [1.54, 1.807) is 0 Å². The van der Waals surface area contributed by atoms with Crippen molar-refractivity contribution in [1.29, 1.82) is 0 Å². The Hall–Kier alpha value is -1.05. The van der Waals surface area contributed by atoms with Crippen LogP contribution in [0.3, 0.4) is 0 Å². The molecule has 0 amide bonds. The van der Waals surface area contributed by atoms with Crippen molar-refractivity contribution in [3.8, 4) is 0 Å². The molecule has 1 aromatic rings. The van der Waals surface area contributed by atoms with Crippen molar-refractivity contribution >= 4 is 5.82 Å². The van der Waals surface area contributed by atoms with Gasteiger partial charge < -0.3 is 4.90 Å². The van der Waals surface area contributed by atoms with Crippen molar-refractivity contribution in [1.82, 2.24) is 4.98 Å². The van der Waals surface area contributed by atoms with Crippen LogP contribution < -0.4 is 4.90 Å². The highest BCUT2D eigenvalue weighted by atomic mass is 15.2. The summed E-state index contributed by atoms with van der Waals surface area (Å²) in [6, 6.07) is 7.05. The minimum atomic E-state index is 0.986. The molecule has 0 bridgehead atoms. The first-order valence-electron chi connectivity index (χ1n) is 4.46. The summed E-state index contributed by atoms with van der Waals surface area (Å²) in [4.78, 5) is 6.76. The van der Waals surface area contributed by atoms with Crippen LogP contribution in [0.5, 0.6) is 0 Å². The van der Waals surface area contributed by atoms with E-state index in [9.17, 15) is 0 Å². The minimum absolute atomic E-state index is 0.986. The molecule has 1 aliphatic rings. The molecule has 0 saturated carbocycles. The van der Waals surface area contributed by atoms with Crippen molar-refractivity contribution in [2.24, 2.45) is 0 Å². The number of hydrogen-bond donors (Lipinski definition) is 0. The van der Waals surface area contributed by atoms with Gasteiger partial charge in [-0.05, 0) is 31.9 Å². The first-order valence-corrected chi connectivity index (χ1v) is 4.46. The smallest absolute Gasteiger partial charge is 0.128 e. The van der Waals surface area contributed by atoms with Crippen molar-refractivity contribution < 1.29 is 0 Å². The van der Waals surface area contributed by atoms with Crippen molar-refractivity contribution in [2.45, 2.75) is 19.8 Å². The van der Waals surface area contributed by atoms with Gasteiger partial charge in [0.05, 0.1) is 0 Å². The van der Waals surface area contributed by atoms with Gasteiger partial charge in [-0.25, -0.2) is 4.98 Å². The van der Waals surface area contributed by atoms with Gasteiger partial charge in [-0.1, -0.05) is 0 Å². The van der Waals surface area contributed by atoms with Crippen molar-refractivity contribution in [3.05, 3.63) is 23.9 Å². The highest BCUT2D eigenvalue weighted by Crippen LogP contribution is 2.16. The highest BCUT2D eigenvalue weighted by Gasteiger charge is 2.12. The summed E-state index contributed by atoms with van der Waals surface area (Å²) >= 11 is 0. The van der Waals surface area contributed by atoms with Crippen LogP contribution >= 0.6 is 0 Å². The molecular formula is C10H13N2. The molecule has 0 N–H and O–H groups in total. The predicted octanol–water partition coefficient (Wildman–Crippen LogP) is 1.79. The molecule has 1 radical (unpaired) electrons. The third-order valence-electron chi connectivity index (χ3n) is 2.24. The summed E-state index contributed by atoms with van der Waals surface area (Å²) in [5.41, 5.74) is 0.986. The fourth-order valence-corrected chi connectivity index (χ4v) is 1.60. The fourth-order valence-electron chi connectivity index (χ4n) is 1.60. The zero-order chi connectivity index (χ0) is 8.39. The summed E-state index contributed by atoms with van der Waals surface area (Å²) in [6.45, 7) is 4.31. The Balaban J connectivity index is 2.21. The Labute approximate surface area is 73.2 Å². The molecule has 12 heavy (non-hydrogen) atoms. The quantitative estimate of drug-likeness (QED) is 0.624. The van der Waals surface area contributed by atoms with Gasteiger partial charge in [0.2, 0.25) is 0 Å². The molecule has 0 atom stereocenters. The first-order chi connectivity index (χ1) is 5.86. The Kier molecular flexibility index (Phi) is 1.98. The second-order valence-corrected chi connectivity index (χ2v) is 3.23. The van der Waals surface area contributed by atoms with E-state index >= 15 is 0 Å². The van der Waals surface area contributed by atoms with E-state index < -0.39 is 0 Å². The highest BCUT2D eigenvalue weighted by molar-refractivity contribution is 5.39. The third-order valence-corrected chi connectivity index (χ3v) is 2.24. The number of nitrogens with zero attached hydrogens (tertiary/aromatic N) is 2. The van der Waals surface area contributed by atoms with Gasteiger partial charge in [0.1, 0.15) is 5.82 Å². The van der Waals surface area contributed by atoms with Crippen LogP contribution in [0.1, 0.15) is 18.5 Å². The molecule has 2 heteroatoms. The van der Waals surface area contributed by atoms with Gasteiger partial charge in [0.25, 0.3) is 0 Å². The third kappa shape index (κ3) is 1.42. The van der Waals surface area contributed by atoms with E-state index in [0.29, 0.717) is 0 Å². The standard InChI is InChI=1S/C10H13N2/c1-9-5-4-6-10(11-9)12-7-2-3-8-12/h4,6H,2-3,7-8H2,1H3. The molecule has 0 aliphatic carbocycles. The van der Waals surface area contributed by atoms with Gasteiger partial charge in [-0.3, -0.25) is 0 Å². The summed E-state index contributed by atoms with van der Waals surface area (Å²) in [5, 5.41) is 0. The maximum absolute atomic E-state index is 4.43. The lowest BCUT2D eigenvalue weighted by Crippen LogP contribution is -2.18. The summed E-state index contributed by atoms with van der Waals surface area (Å²) in [5.74, 6) is 1.11. The monoisotopic (exact) mass is 161 g/mol. The molecule has 1 aromatic heterocycles. The predicted molar refractivity (Wildman–Crippen MR) is 49.3 cm³/mol. The number of anilines is 1. The molecule has 2 rings (SSSR count). The van der Waals surface area contributed by atoms with Gasteiger partial charge in [0, 0.05) is 24.8 Å². The molecule has 0 unspecified atom stereocenters.